The molecule has 0 heterocycles. The molecule has 0 aliphatic heterocycles. The molecule has 180 valence electrons. The molecular weight excluding hydrogens is 441 g/mol. The number of aromatic carboxylic acids is 1. The number of carboxylic acids is 1. The van der Waals surface area contributed by atoms with Gasteiger partial charge in [-0.1, -0.05) is 38.8 Å². The fourth-order valence-corrected chi connectivity index (χ4v) is 2.94. The summed E-state index contributed by atoms with van der Waals surface area (Å²) in [5.41, 5.74) is 3.84. The SMILES string of the molecule is C/C=C(\N=C(\C#Cc1ccc(C(C)C)cc1)CC)[N+](O)(O)Nc1cc(F)c(C(=O)O)cc1OC. The number of hydroxylamine groups is 2. The summed E-state index contributed by atoms with van der Waals surface area (Å²) in [4.78, 5) is 13.4. The fraction of sp³-hybridized carbons (Fsp3) is 0.280. The minimum absolute atomic E-state index is 0.107. The Morgan fingerprint density at radius 1 is 1.26 bits per heavy atom. The number of anilines is 1. The van der Waals surface area contributed by atoms with Gasteiger partial charge in [0.15, 0.2) is 0 Å². The van der Waals surface area contributed by atoms with Gasteiger partial charge in [0, 0.05) is 17.7 Å². The average molecular weight is 471 g/mol. The second-order valence-electron chi connectivity index (χ2n) is 7.64. The van der Waals surface area contributed by atoms with E-state index in [4.69, 9.17) is 9.84 Å². The number of nitrogens with zero attached hydrogens (tertiary/aromatic N) is 2. The number of aliphatic imine (C=N–C) groups is 1. The minimum atomic E-state index is -1.95. The highest BCUT2D eigenvalue weighted by Crippen LogP contribution is 2.30. The number of halogens is 1. The Morgan fingerprint density at radius 2 is 1.91 bits per heavy atom. The highest BCUT2D eigenvalue weighted by Gasteiger charge is 2.32. The summed E-state index contributed by atoms with van der Waals surface area (Å²) in [5.74, 6) is 3.44. The minimum Gasteiger partial charge on any atom is -0.494 e. The molecule has 0 bridgehead atoms. The number of allylic oxidation sites excluding steroid dienone is 1. The van der Waals surface area contributed by atoms with Gasteiger partial charge in [0.25, 0.3) is 0 Å². The van der Waals surface area contributed by atoms with Crippen LogP contribution in [0.2, 0.25) is 0 Å². The molecule has 4 N–H and O–H groups in total. The van der Waals surface area contributed by atoms with Gasteiger partial charge in [-0.3, -0.25) is 0 Å². The normalized spacial score (nSPS) is 12.3. The molecule has 0 saturated heterocycles. The maximum Gasteiger partial charge on any atom is 0.338 e. The average Bonchev–Trinajstić information content (AvgIpc) is 2.79. The van der Waals surface area contributed by atoms with E-state index in [9.17, 15) is 19.6 Å². The third-order valence-corrected chi connectivity index (χ3v) is 4.89. The zero-order valence-electron chi connectivity index (χ0n) is 19.8. The zero-order chi connectivity index (χ0) is 25.5. The second-order valence-corrected chi connectivity index (χ2v) is 7.64. The Balaban J connectivity index is 2.34. The number of quaternary nitrogens is 1. The number of ether oxygens (including phenoxy) is 1. The maximum atomic E-state index is 14.2. The van der Waals surface area contributed by atoms with E-state index >= 15 is 0 Å². The number of rotatable bonds is 8. The highest BCUT2D eigenvalue weighted by molar-refractivity contribution is 6.01. The van der Waals surface area contributed by atoms with Gasteiger partial charge in [0.2, 0.25) is 0 Å². The van der Waals surface area contributed by atoms with Gasteiger partial charge in [-0.2, -0.15) is 10.4 Å². The first kappa shape index (κ1) is 26.5. The summed E-state index contributed by atoms with van der Waals surface area (Å²) in [6.07, 6.45) is 1.76. The van der Waals surface area contributed by atoms with E-state index in [2.05, 4.69) is 36.1 Å². The number of carbonyl (C=O) groups is 1. The standard InChI is InChI=1S/C25H28FN3O5/c1-6-19(13-10-17-8-11-18(12-9-17)16(3)4)27-24(7-2)29(32,33)28-22-15-21(26)20(25(30)31)14-23(22)34-5/h7-9,11-12,14-16,28,32-33H,6H2,1-5H3/p+1/b24-7+,27-19+. The van der Waals surface area contributed by atoms with Crippen molar-refractivity contribution in [1.82, 2.24) is 0 Å². The van der Waals surface area contributed by atoms with Crippen molar-refractivity contribution in [1.29, 1.82) is 0 Å². The van der Waals surface area contributed by atoms with Gasteiger partial charge in [0.05, 0.1) is 23.3 Å². The monoisotopic (exact) mass is 470 g/mol. The van der Waals surface area contributed by atoms with Gasteiger partial charge in [0.1, 0.15) is 17.3 Å². The van der Waals surface area contributed by atoms with Crippen LogP contribution in [0.4, 0.5) is 10.1 Å². The molecule has 0 aliphatic rings. The molecule has 8 nitrogen and oxygen atoms in total. The number of hydrogen-bond donors (Lipinski definition) is 4. The third kappa shape index (κ3) is 6.65. The Labute approximate surface area is 198 Å². The van der Waals surface area contributed by atoms with E-state index in [0.717, 1.165) is 17.7 Å². The van der Waals surface area contributed by atoms with Crippen molar-refractivity contribution in [3.63, 3.8) is 0 Å². The van der Waals surface area contributed by atoms with E-state index in [1.165, 1.54) is 25.7 Å². The predicted octanol–water partition coefficient (Wildman–Crippen LogP) is 5.34. The van der Waals surface area contributed by atoms with Crippen LogP contribution in [0, 0.1) is 17.7 Å². The lowest BCUT2D eigenvalue weighted by Crippen LogP contribution is -2.45. The number of nitrogens with one attached hydrogen (secondary N) is 1. The van der Waals surface area contributed by atoms with Crippen molar-refractivity contribution in [2.24, 2.45) is 4.99 Å². The van der Waals surface area contributed by atoms with Crippen LogP contribution in [0.15, 0.2) is 53.3 Å². The summed E-state index contributed by atoms with van der Waals surface area (Å²) in [6.45, 7) is 7.57. The van der Waals surface area contributed by atoms with Crippen LogP contribution in [0.5, 0.6) is 5.75 Å². The van der Waals surface area contributed by atoms with Crippen molar-refractivity contribution in [2.45, 2.75) is 40.0 Å². The Bertz CT molecular complexity index is 1160. The maximum absolute atomic E-state index is 14.2. The summed E-state index contributed by atoms with van der Waals surface area (Å²) in [6, 6.07) is 9.56. The lowest BCUT2D eigenvalue weighted by atomic mass is 10.0. The number of carboxylic acid groups (broad SMARTS) is 1. The van der Waals surface area contributed by atoms with Crippen LogP contribution in [-0.4, -0.2) is 39.2 Å². The lowest BCUT2D eigenvalue weighted by Gasteiger charge is -2.22. The van der Waals surface area contributed by atoms with E-state index in [1.54, 1.807) is 0 Å². The molecule has 0 atom stereocenters. The van der Waals surface area contributed by atoms with Crippen molar-refractivity contribution < 1.29 is 34.4 Å². The van der Waals surface area contributed by atoms with Crippen LogP contribution in [-0.2, 0) is 0 Å². The van der Waals surface area contributed by atoms with E-state index in [0.29, 0.717) is 18.1 Å². The topological polar surface area (TPSA) is 111 Å². The predicted molar refractivity (Wildman–Crippen MR) is 126 cm³/mol. The summed E-state index contributed by atoms with van der Waals surface area (Å²) in [5, 5.41) is 30.3. The molecule has 0 saturated carbocycles. The van der Waals surface area contributed by atoms with E-state index < -0.39 is 22.3 Å². The van der Waals surface area contributed by atoms with Crippen LogP contribution >= 0.6 is 0 Å². The molecule has 0 fully saturated rings. The lowest BCUT2D eigenvalue weighted by molar-refractivity contribution is -1.20. The molecule has 0 aromatic heterocycles. The van der Waals surface area contributed by atoms with Crippen molar-refractivity contribution in [2.75, 3.05) is 12.5 Å². The quantitative estimate of drug-likeness (QED) is 0.179. The zero-order valence-corrected chi connectivity index (χ0v) is 19.8. The van der Waals surface area contributed by atoms with Crippen molar-refractivity contribution in [3.05, 3.63) is 70.8 Å². The summed E-state index contributed by atoms with van der Waals surface area (Å²) >= 11 is 0. The first-order valence-electron chi connectivity index (χ1n) is 10.6. The Morgan fingerprint density at radius 3 is 2.41 bits per heavy atom. The van der Waals surface area contributed by atoms with Crippen LogP contribution in [0.3, 0.4) is 0 Å². The molecule has 9 heteroatoms. The molecule has 0 amide bonds. The van der Waals surface area contributed by atoms with Crippen molar-refractivity contribution >= 4 is 17.4 Å². The molecule has 2 aromatic rings. The first-order valence-corrected chi connectivity index (χ1v) is 10.6. The summed E-state index contributed by atoms with van der Waals surface area (Å²) < 4.78 is 19.2. The van der Waals surface area contributed by atoms with Gasteiger partial charge in [-0.25, -0.2) is 9.18 Å². The molecule has 0 unspecified atom stereocenters. The number of benzene rings is 2. The first-order chi connectivity index (χ1) is 16.0. The van der Waals surface area contributed by atoms with Gasteiger partial charge in [-0.05, 0) is 48.9 Å². The molecule has 2 rings (SSSR count). The smallest absolute Gasteiger partial charge is 0.338 e. The van der Waals surface area contributed by atoms with Crippen LogP contribution in [0.25, 0.3) is 0 Å². The van der Waals surface area contributed by atoms with E-state index in [1.807, 2.05) is 31.2 Å². The summed E-state index contributed by atoms with van der Waals surface area (Å²) in [7, 11) is 1.24. The number of hydrogen-bond acceptors (Lipinski definition) is 6. The Kier molecular flexibility index (Phi) is 8.92. The van der Waals surface area contributed by atoms with Crippen molar-refractivity contribution in [3.8, 4) is 17.6 Å². The molecule has 0 spiro atoms. The van der Waals surface area contributed by atoms with Crippen LogP contribution < -0.4 is 10.2 Å². The molecule has 34 heavy (non-hydrogen) atoms. The molecule has 0 aliphatic carbocycles. The van der Waals surface area contributed by atoms with E-state index in [-0.39, 0.29) is 17.3 Å². The van der Waals surface area contributed by atoms with Gasteiger partial charge < -0.3 is 9.84 Å². The molecule has 0 radical (unpaired) electrons. The van der Waals surface area contributed by atoms with Crippen LogP contribution in [0.1, 0.15) is 61.5 Å². The highest BCUT2D eigenvalue weighted by atomic mass is 19.1. The Hall–Kier alpha value is -3.71. The molecule has 2 aromatic carbocycles. The van der Waals surface area contributed by atoms with Gasteiger partial charge in [-0.15, -0.1) is 10.4 Å². The largest absolute Gasteiger partial charge is 0.494 e. The van der Waals surface area contributed by atoms with Gasteiger partial charge >= 0.3 is 11.8 Å². The second kappa shape index (κ2) is 11.4. The number of methoxy groups -OCH3 is 1. The third-order valence-electron chi connectivity index (χ3n) is 4.89. The fourth-order valence-electron chi connectivity index (χ4n) is 2.94. The molecular formula is C25H29FN3O5+.